The maximum atomic E-state index is 6.35. The molecule has 2 nitrogen and oxygen atoms in total. The largest absolute Gasteiger partial charge is 0.377 e. The molecule has 1 N–H and O–H groups in total. The van der Waals surface area contributed by atoms with Gasteiger partial charge in [-0.05, 0) is 32.0 Å². The van der Waals surface area contributed by atoms with Gasteiger partial charge in [0.05, 0.1) is 11.6 Å². The molecule has 0 amide bonds. The zero-order chi connectivity index (χ0) is 13.8. The van der Waals surface area contributed by atoms with E-state index < -0.39 is 0 Å². The van der Waals surface area contributed by atoms with Gasteiger partial charge in [-0.15, -0.1) is 0 Å². The van der Waals surface area contributed by atoms with Gasteiger partial charge in [0, 0.05) is 22.2 Å². The lowest BCUT2D eigenvalue weighted by molar-refractivity contribution is -0.0297. The van der Waals surface area contributed by atoms with Gasteiger partial charge in [-0.2, -0.15) is 0 Å². The van der Waals surface area contributed by atoms with Crippen molar-refractivity contribution in [2.24, 2.45) is 0 Å². The second kappa shape index (κ2) is 6.90. The Balaban J connectivity index is 3.28. The molecule has 0 radical (unpaired) electrons. The van der Waals surface area contributed by atoms with E-state index in [-0.39, 0.29) is 11.6 Å². The normalized spacial score (nSPS) is 16.3. The predicted octanol–water partition coefficient (Wildman–Crippen LogP) is 4.57. The minimum Gasteiger partial charge on any atom is -0.377 e. The Morgan fingerprint density at radius 2 is 2.11 bits per heavy atom. The Morgan fingerprint density at radius 1 is 1.44 bits per heavy atom. The average Bonchev–Trinajstić information content (AvgIpc) is 2.36. The molecule has 4 heteroatoms. The van der Waals surface area contributed by atoms with E-state index in [1.165, 1.54) is 0 Å². The summed E-state index contributed by atoms with van der Waals surface area (Å²) in [6, 6.07) is 5.92. The van der Waals surface area contributed by atoms with Crippen molar-refractivity contribution in [3.05, 3.63) is 33.3 Å². The smallest absolute Gasteiger partial charge is 0.0842 e. The van der Waals surface area contributed by atoms with E-state index in [0.29, 0.717) is 0 Å². The molecule has 0 aliphatic heterocycles. The summed E-state index contributed by atoms with van der Waals surface area (Å²) in [5, 5.41) is 4.24. The molecule has 0 saturated heterocycles. The number of ether oxygens (including phenoxy) is 1. The lowest BCUT2D eigenvalue weighted by Gasteiger charge is -2.37. The van der Waals surface area contributed by atoms with Crippen molar-refractivity contribution < 1.29 is 4.74 Å². The lowest BCUT2D eigenvalue weighted by Crippen LogP contribution is -2.43. The highest BCUT2D eigenvalue weighted by atomic mass is 79.9. The molecule has 0 spiro atoms. The van der Waals surface area contributed by atoms with E-state index in [1.54, 1.807) is 7.11 Å². The van der Waals surface area contributed by atoms with Crippen molar-refractivity contribution in [1.29, 1.82) is 0 Å². The quantitative estimate of drug-likeness (QED) is 0.823. The molecular weight excluding hydrogens is 314 g/mol. The zero-order valence-corrected chi connectivity index (χ0v) is 13.7. The Kier molecular flexibility index (Phi) is 6.12. The standard InChI is InChI=1S/C14H21BrClNO/c1-5-14(3,18-4)13(17-6-2)12-10(15)8-7-9-11(12)16/h7-9,13,17H,5-6H2,1-4H3. The highest BCUT2D eigenvalue weighted by Gasteiger charge is 2.35. The fourth-order valence-corrected chi connectivity index (χ4v) is 3.07. The summed E-state index contributed by atoms with van der Waals surface area (Å²) in [5.41, 5.74) is 0.774. The third-order valence-electron chi connectivity index (χ3n) is 3.48. The van der Waals surface area contributed by atoms with E-state index >= 15 is 0 Å². The summed E-state index contributed by atoms with van der Waals surface area (Å²) < 4.78 is 6.74. The summed E-state index contributed by atoms with van der Waals surface area (Å²) in [5.74, 6) is 0. The van der Waals surface area contributed by atoms with Gasteiger partial charge in [-0.25, -0.2) is 0 Å². The van der Waals surface area contributed by atoms with Gasteiger partial charge in [-0.1, -0.05) is 47.4 Å². The van der Waals surface area contributed by atoms with Crippen LogP contribution in [-0.4, -0.2) is 19.3 Å². The summed E-state index contributed by atoms with van der Waals surface area (Å²) in [6.45, 7) is 7.18. The van der Waals surface area contributed by atoms with Crippen LogP contribution in [0.4, 0.5) is 0 Å². The first kappa shape index (κ1) is 16.0. The Morgan fingerprint density at radius 3 is 2.56 bits per heavy atom. The molecule has 102 valence electrons. The second-order valence-corrected chi connectivity index (χ2v) is 5.76. The van der Waals surface area contributed by atoms with E-state index in [1.807, 2.05) is 18.2 Å². The number of likely N-dealkylation sites (N-methyl/N-ethyl adjacent to an activating group) is 1. The molecule has 0 bridgehead atoms. The molecule has 0 aromatic heterocycles. The van der Waals surface area contributed by atoms with Gasteiger partial charge in [0.15, 0.2) is 0 Å². The molecule has 0 saturated carbocycles. The molecule has 0 aliphatic carbocycles. The Labute approximate surface area is 123 Å². The number of rotatable bonds is 6. The van der Waals surface area contributed by atoms with Crippen LogP contribution < -0.4 is 5.32 Å². The van der Waals surface area contributed by atoms with Gasteiger partial charge in [-0.3, -0.25) is 0 Å². The van der Waals surface area contributed by atoms with Crippen molar-refractivity contribution >= 4 is 27.5 Å². The number of methoxy groups -OCH3 is 1. The van der Waals surface area contributed by atoms with Crippen LogP contribution in [0, 0.1) is 0 Å². The molecule has 0 aliphatic rings. The summed E-state index contributed by atoms with van der Waals surface area (Å²) >= 11 is 9.94. The van der Waals surface area contributed by atoms with Crippen LogP contribution in [0.2, 0.25) is 5.02 Å². The Hall–Kier alpha value is -0.0900. The monoisotopic (exact) mass is 333 g/mol. The number of halogens is 2. The first-order chi connectivity index (χ1) is 8.50. The van der Waals surface area contributed by atoms with E-state index in [0.717, 1.165) is 28.0 Å². The van der Waals surface area contributed by atoms with Crippen LogP contribution in [-0.2, 0) is 4.74 Å². The van der Waals surface area contributed by atoms with E-state index in [4.69, 9.17) is 16.3 Å². The minimum atomic E-state index is -0.288. The van der Waals surface area contributed by atoms with Crippen molar-refractivity contribution in [3.63, 3.8) is 0 Å². The number of hydrogen-bond acceptors (Lipinski definition) is 2. The predicted molar refractivity (Wildman–Crippen MR) is 81.3 cm³/mol. The third-order valence-corrected chi connectivity index (χ3v) is 4.50. The molecule has 1 aromatic carbocycles. The van der Waals surface area contributed by atoms with Crippen LogP contribution in [0.15, 0.2) is 22.7 Å². The molecular formula is C14H21BrClNO. The first-order valence-corrected chi connectivity index (χ1v) is 7.39. The van der Waals surface area contributed by atoms with Gasteiger partial charge in [0.25, 0.3) is 0 Å². The topological polar surface area (TPSA) is 21.3 Å². The van der Waals surface area contributed by atoms with Crippen molar-refractivity contribution in [2.45, 2.75) is 38.8 Å². The molecule has 0 fully saturated rings. The molecule has 0 heterocycles. The minimum absolute atomic E-state index is 0.0561. The highest BCUT2D eigenvalue weighted by molar-refractivity contribution is 9.10. The molecule has 2 unspecified atom stereocenters. The lowest BCUT2D eigenvalue weighted by atomic mass is 9.87. The summed E-state index contributed by atoms with van der Waals surface area (Å²) in [4.78, 5) is 0. The summed E-state index contributed by atoms with van der Waals surface area (Å²) in [7, 11) is 1.75. The fraction of sp³-hybridized carbons (Fsp3) is 0.571. The van der Waals surface area contributed by atoms with Crippen LogP contribution >= 0.6 is 27.5 Å². The maximum absolute atomic E-state index is 6.35. The second-order valence-electron chi connectivity index (χ2n) is 4.50. The van der Waals surface area contributed by atoms with E-state index in [2.05, 4.69) is 42.0 Å². The van der Waals surface area contributed by atoms with Gasteiger partial charge in [0.1, 0.15) is 0 Å². The fourth-order valence-electron chi connectivity index (χ4n) is 2.08. The zero-order valence-electron chi connectivity index (χ0n) is 11.4. The molecule has 18 heavy (non-hydrogen) atoms. The molecule has 1 rings (SSSR count). The van der Waals surface area contributed by atoms with Crippen LogP contribution in [0.3, 0.4) is 0 Å². The number of benzene rings is 1. The number of nitrogens with one attached hydrogen (secondary N) is 1. The van der Waals surface area contributed by atoms with Crippen molar-refractivity contribution in [1.82, 2.24) is 5.32 Å². The molecule has 2 atom stereocenters. The van der Waals surface area contributed by atoms with Crippen molar-refractivity contribution in [3.8, 4) is 0 Å². The number of hydrogen-bond donors (Lipinski definition) is 1. The van der Waals surface area contributed by atoms with Gasteiger partial charge >= 0.3 is 0 Å². The maximum Gasteiger partial charge on any atom is 0.0842 e. The van der Waals surface area contributed by atoms with Crippen LogP contribution in [0.5, 0.6) is 0 Å². The SMILES string of the molecule is CCNC(c1c(Cl)cccc1Br)C(C)(CC)OC. The van der Waals surface area contributed by atoms with E-state index in [9.17, 15) is 0 Å². The molecule has 1 aromatic rings. The average molecular weight is 335 g/mol. The Bertz CT molecular complexity index is 373. The van der Waals surface area contributed by atoms with Crippen LogP contribution in [0.1, 0.15) is 38.8 Å². The summed E-state index contributed by atoms with van der Waals surface area (Å²) in [6.07, 6.45) is 0.902. The van der Waals surface area contributed by atoms with Crippen LogP contribution in [0.25, 0.3) is 0 Å². The highest BCUT2D eigenvalue weighted by Crippen LogP contribution is 2.39. The van der Waals surface area contributed by atoms with Crippen molar-refractivity contribution in [2.75, 3.05) is 13.7 Å². The van der Waals surface area contributed by atoms with Gasteiger partial charge < -0.3 is 10.1 Å². The third kappa shape index (κ3) is 3.27. The first-order valence-electron chi connectivity index (χ1n) is 6.22. The van der Waals surface area contributed by atoms with Gasteiger partial charge in [0.2, 0.25) is 0 Å².